The van der Waals surface area contributed by atoms with Crippen LogP contribution < -0.4 is 5.84 Å². The Balaban J connectivity index is 2.29. The number of nitrogens with one attached hydrogen (secondary N) is 1. The average Bonchev–Trinajstić information content (AvgIpc) is 2.86. The molecule has 1 amide bonds. The Morgan fingerprint density at radius 1 is 1.45 bits per heavy atom. The van der Waals surface area contributed by atoms with Crippen molar-refractivity contribution in [1.82, 2.24) is 9.99 Å². The van der Waals surface area contributed by atoms with Crippen LogP contribution in [0.3, 0.4) is 0 Å². The lowest BCUT2D eigenvalue weighted by Gasteiger charge is -2.22. The predicted molar refractivity (Wildman–Crippen MR) is 71.9 cm³/mol. The average molecular weight is 277 g/mol. The molecule has 0 aliphatic rings. The van der Waals surface area contributed by atoms with E-state index in [4.69, 9.17) is 5.84 Å². The molecule has 7 heteroatoms. The van der Waals surface area contributed by atoms with Crippen LogP contribution in [-0.2, 0) is 16.0 Å². The fourth-order valence-corrected chi connectivity index (χ4v) is 2.05. The fourth-order valence-electron chi connectivity index (χ4n) is 2.05. The lowest BCUT2D eigenvalue weighted by atomic mass is 10.0. The van der Waals surface area contributed by atoms with Crippen LogP contribution in [0, 0.1) is 0 Å². The van der Waals surface area contributed by atoms with E-state index in [1.165, 1.54) is 0 Å². The van der Waals surface area contributed by atoms with Crippen molar-refractivity contribution in [3.63, 3.8) is 0 Å². The molecule has 0 fully saturated rings. The lowest BCUT2D eigenvalue weighted by molar-refractivity contribution is -0.142. The number of methoxy groups -OCH3 is 1. The van der Waals surface area contributed by atoms with Gasteiger partial charge in [-0.25, -0.2) is 20.4 Å². The van der Waals surface area contributed by atoms with Crippen molar-refractivity contribution in [3.05, 3.63) is 36.0 Å². The minimum absolute atomic E-state index is 0.0882. The van der Waals surface area contributed by atoms with Crippen molar-refractivity contribution in [2.75, 3.05) is 7.11 Å². The molecule has 2 rings (SSSR count). The number of H-pyrrole nitrogens is 1. The molecule has 0 saturated carbocycles. The number of carbonyl (C=O) groups excluding carboxylic acids is 1. The number of carbonyl (C=O) groups is 2. The van der Waals surface area contributed by atoms with Crippen LogP contribution >= 0.6 is 0 Å². The fraction of sp³-hybridized carbons (Fsp3) is 0.231. The Kier molecular flexibility index (Phi) is 3.90. The molecule has 20 heavy (non-hydrogen) atoms. The topological polar surface area (TPSA) is 109 Å². The first-order valence-corrected chi connectivity index (χ1v) is 5.94. The molecule has 0 saturated heterocycles. The summed E-state index contributed by atoms with van der Waals surface area (Å²) in [6.07, 6.45) is 0.911. The zero-order valence-electron chi connectivity index (χ0n) is 10.9. The largest absolute Gasteiger partial charge is 0.480 e. The number of benzene rings is 1. The second-order valence-corrected chi connectivity index (χ2v) is 4.29. The Bertz CT molecular complexity index is 637. The van der Waals surface area contributed by atoms with Crippen LogP contribution in [0.25, 0.3) is 10.9 Å². The minimum Gasteiger partial charge on any atom is -0.480 e. The Morgan fingerprint density at radius 2 is 2.15 bits per heavy atom. The molecule has 0 unspecified atom stereocenters. The van der Waals surface area contributed by atoms with Gasteiger partial charge in [-0.3, -0.25) is 0 Å². The van der Waals surface area contributed by atoms with Gasteiger partial charge in [0.15, 0.2) is 6.04 Å². The molecule has 2 aromatic rings. The van der Waals surface area contributed by atoms with Crippen LogP contribution in [0.15, 0.2) is 30.5 Å². The first-order chi connectivity index (χ1) is 9.54. The quantitative estimate of drug-likeness (QED) is 0.440. The number of fused-ring (bicyclic) bond motifs is 1. The van der Waals surface area contributed by atoms with Gasteiger partial charge in [-0.15, -0.1) is 0 Å². The van der Waals surface area contributed by atoms with E-state index in [0.717, 1.165) is 23.6 Å². The van der Waals surface area contributed by atoms with Crippen molar-refractivity contribution < 1.29 is 19.4 Å². The number of ether oxygens (including phenoxy) is 1. The number of hydrogen-bond acceptors (Lipinski definition) is 4. The van der Waals surface area contributed by atoms with Crippen LogP contribution in [-0.4, -0.2) is 40.3 Å². The summed E-state index contributed by atoms with van der Waals surface area (Å²) in [5.74, 6) is 4.31. The molecule has 0 aliphatic heterocycles. The van der Waals surface area contributed by atoms with Crippen LogP contribution in [0.5, 0.6) is 0 Å². The number of aliphatic carboxylic acids is 1. The standard InChI is InChI=1S/C13H15N3O4/c1-20-13(19)16(14)11(12(17)18)6-8-7-15-10-5-3-2-4-9(8)10/h2-5,7,11,15H,6,14H2,1H3,(H,17,18)/t11-/m0/s1. The highest BCUT2D eigenvalue weighted by Gasteiger charge is 2.29. The van der Waals surface area contributed by atoms with Crippen molar-refractivity contribution in [3.8, 4) is 0 Å². The summed E-state index contributed by atoms with van der Waals surface area (Å²) >= 11 is 0. The van der Waals surface area contributed by atoms with Gasteiger partial charge in [0.25, 0.3) is 0 Å². The van der Waals surface area contributed by atoms with Gasteiger partial charge in [0.2, 0.25) is 0 Å². The van der Waals surface area contributed by atoms with E-state index in [2.05, 4.69) is 9.72 Å². The summed E-state index contributed by atoms with van der Waals surface area (Å²) in [7, 11) is 1.15. The first-order valence-electron chi connectivity index (χ1n) is 5.94. The number of aromatic nitrogens is 1. The third-order valence-electron chi connectivity index (χ3n) is 3.09. The summed E-state index contributed by atoms with van der Waals surface area (Å²) in [6.45, 7) is 0. The molecule has 1 atom stereocenters. The van der Waals surface area contributed by atoms with Crippen LogP contribution in [0.4, 0.5) is 4.79 Å². The van der Waals surface area contributed by atoms with Gasteiger partial charge in [0.05, 0.1) is 7.11 Å². The van der Waals surface area contributed by atoms with E-state index in [0.29, 0.717) is 5.01 Å². The third-order valence-corrected chi connectivity index (χ3v) is 3.09. The highest BCUT2D eigenvalue weighted by molar-refractivity contribution is 5.85. The maximum Gasteiger partial charge on any atom is 0.424 e. The van der Waals surface area contributed by atoms with E-state index < -0.39 is 18.1 Å². The van der Waals surface area contributed by atoms with E-state index >= 15 is 0 Å². The molecule has 106 valence electrons. The van der Waals surface area contributed by atoms with Crippen LogP contribution in [0.1, 0.15) is 5.56 Å². The summed E-state index contributed by atoms with van der Waals surface area (Å²) in [6, 6.07) is 6.30. The number of hydrogen-bond donors (Lipinski definition) is 3. The normalized spacial score (nSPS) is 12.1. The smallest absolute Gasteiger partial charge is 0.424 e. The van der Waals surface area contributed by atoms with E-state index in [9.17, 15) is 14.7 Å². The molecule has 7 nitrogen and oxygen atoms in total. The highest BCUT2D eigenvalue weighted by atomic mass is 16.5. The second kappa shape index (κ2) is 5.62. The number of nitrogens with zero attached hydrogens (tertiary/aromatic N) is 1. The Labute approximate surface area is 114 Å². The molecule has 0 bridgehead atoms. The number of hydrazine groups is 1. The van der Waals surface area contributed by atoms with Gasteiger partial charge < -0.3 is 14.8 Å². The first kappa shape index (κ1) is 13.9. The van der Waals surface area contributed by atoms with Gasteiger partial charge in [-0.05, 0) is 11.6 Å². The number of aromatic amines is 1. The molecule has 0 spiro atoms. The molecular formula is C13H15N3O4. The van der Waals surface area contributed by atoms with E-state index in [1.807, 2.05) is 24.3 Å². The SMILES string of the molecule is COC(=O)N(N)[C@@H](Cc1c[nH]c2ccccc12)C(=O)O. The van der Waals surface area contributed by atoms with Crippen molar-refractivity contribution in [2.45, 2.75) is 12.5 Å². The molecule has 1 aromatic heterocycles. The van der Waals surface area contributed by atoms with Gasteiger partial charge in [0.1, 0.15) is 0 Å². The minimum atomic E-state index is -1.19. The van der Waals surface area contributed by atoms with Crippen molar-refractivity contribution in [2.24, 2.45) is 5.84 Å². The second-order valence-electron chi connectivity index (χ2n) is 4.29. The molecule has 4 N–H and O–H groups in total. The van der Waals surface area contributed by atoms with Gasteiger partial charge in [0, 0.05) is 23.5 Å². The summed E-state index contributed by atoms with van der Waals surface area (Å²) in [5.41, 5.74) is 1.67. The highest BCUT2D eigenvalue weighted by Crippen LogP contribution is 2.20. The number of rotatable bonds is 4. The zero-order valence-corrected chi connectivity index (χ0v) is 10.9. The number of para-hydroxylation sites is 1. The van der Waals surface area contributed by atoms with Crippen molar-refractivity contribution in [1.29, 1.82) is 0 Å². The maximum absolute atomic E-state index is 11.4. The lowest BCUT2D eigenvalue weighted by Crippen LogP contribution is -2.50. The third kappa shape index (κ3) is 2.57. The van der Waals surface area contributed by atoms with E-state index in [-0.39, 0.29) is 6.42 Å². The van der Waals surface area contributed by atoms with Crippen molar-refractivity contribution >= 4 is 23.0 Å². The monoisotopic (exact) mass is 277 g/mol. The van der Waals surface area contributed by atoms with Gasteiger partial charge in [-0.1, -0.05) is 18.2 Å². The summed E-state index contributed by atoms with van der Waals surface area (Å²) in [5, 5.41) is 10.7. The van der Waals surface area contributed by atoms with E-state index in [1.54, 1.807) is 6.20 Å². The summed E-state index contributed by atoms with van der Waals surface area (Å²) in [4.78, 5) is 25.7. The molecule has 0 aliphatic carbocycles. The molecule has 0 radical (unpaired) electrons. The molecular weight excluding hydrogens is 262 g/mol. The molecule has 1 heterocycles. The molecule has 1 aromatic carbocycles. The summed E-state index contributed by atoms with van der Waals surface area (Å²) < 4.78 is 4.44. The number of carboxylic acid groups (broad SMARTS) is 1. The predicted octanol–water partition coefficient (Wildman–Crippen LogP) is 1.11. The number of nitrogens with two attached hydrogens (primary N) is 1. The number of amides is 1. The maximum atomic E-state index is 11.4. The Hall–Kier alpha value is -2.54. The Morgan fingerprint density at radius 3 is 2.80 bits per heavy atom. The zero-order chi connectivity index (χ0) is 14.7. The van der Waals surface area contributed by atoms with Gasteiger partial charge >= 0.3 is 12.1 Å². The van der Waals surface area contributed by atoms with Gasteiger partial charge in [-0.2, -0.15) is 0 Å². The van der Waals surface area contributed by atoms with Crippen LogP contribution in [0.2, 0.25) is 0 Å². The number of carboxylic acids is 1.